The van der Waals surface area contributed by atoms with Crippen LogP contribution in [0, 0.1) is 0 Å². The molecule has 0 aliphatic heterocycles. The molecule has 0 aliphatic rings. The second-order valence-electron chi connectivity index (χ2n) is 3.66. The van der Waals surface area contributed by atoms with Gasteiger partial charge in [0.1, 0.15) is 11.4 Å². The van der Waals surface area contributed by atoms with Crippen LogP contribution in [0.4, 0.5) is 5.69 Å². The Morgan fingerprint density at radius 2 is 2.00 bits per heavy atom. The van der Waals surface area contributed by atoms with Gasteiger partial charge in [-0.05, 0) is 30.3 Å². The second-order valence-corrected chi connectivity index (χ2v) is 4.09. The summed E-state index contributed by atoms with van der Waals surface area (Å²) in [7, 11) is 1.75. The molecule has 5 heteroatoms. The molecule has 0 saturated heterocycles. The Morgan fingerprint density at radius 1 is 1.35 bits per heavy atom. The number of hydrogen-bond acceptors (Lipinski definition) is 2. The number of phenols is 1. The minimum absolute atomic E-state index is 0.157. The lowest BCUT2D eigenvalue weighted by Crippen LogP contribution is -2.15. The topological polar surface area (TPSA) is 54.3 Å². The van der Waals surface area contributed by atoms with Gasteiger partial charge in [-0.25, -0.2) is 0 Å². The van der Waals surface area contributed by atoms with Crippen molar-refractivity contribution in [3.8, 4) is 5.75 Å². The molecule has 4 nitrogen and oxygen atoms in total. The molecule has 2 aromatic rings. The zero-order valence-corrected chi connectivity index (χ0v) is 9.90. The van der Waals surface area contributed by atoms with Crippen LogP contribution in [0.15, 0.2) is 36.5 Å². The number of rotatable bonds is 2. The van der Waals surface area contributed by atoms with E-state index in [0.29, 0.717) is 16.4 Å². The first-order chi connectivity index (χ1) is 8.06. The fraction of sp³-hybridized carbons (Fsp3) is 0.0833. The molecule has 0 bridgehead atoms. The van der Waals surface area contributed by atoms with Crippen LogP contribution in [0.1, 0.15) is 10.5 Å². The van der Waals surface area contributed by atoms with Crippen molar-refractivity contribution in [2.45, 2.75) is 0 Å². The van der Waals surface area contributed by atoms with Gasteiger partial charge in [0.2, 0.25) is 0 Å². The summed E-state index contributed by atoms with van der Waals surface area (Å²) < 4.78 is 1.65. The standard InChI is InChI=1S/C12H11ClN2O2/c1-15-7-8(13)6-11(15)12(17)14-9-2-4-10(16)5-3-9/h2-7,16H,1H3,(H,14,17). The third kappa shape index (κ3) is 2.60. The smallest absolute Gasteiger partial charge is 0.272 e. The minimum Gasteiger partial charge on any atom is -0.508 e. The van der Waals surface area contributed by atoms with Crippen molar-refractivity contribution >= 4 is 23.2 Å². The molecule has 0 unspecified atom stereocenters. The molecule has 0 atom stereocenters. The lowest BCUT2D eigenvalue weighted by molar-refractivity contribution is 0.101. The zero-order chi connectivity index (χ0) is 12.4. The van der Waals surface area contributed by atoms with Gasteiger partial charge in [0.25, 0.3) is 5.91 Å². The molecular weight excluding hydrogens is 240 g/mol. The van der Waals surface area contributed by atoms with E-state index in [4.69, 9.17) is 16.7 Å². The Kier molecular flexibility index (Phi) is 3.06. The second kappa shape index (κ2) is 4.51. The van der Waals surface area contributed by atoms with E-state index in [-0.39, 0.29) is 11.7 Å². The summed E-state index contributed by atoms with van der Waals surface area (Å²) in [5.41, 5.74) is 1.09. The van der Waals surface area contributed by atoms with Gasteiger partial charge in [-0.3, -0.25) is 4.79 Å². The van der Waals surface area contributed by atoms with Crippen molar-refractivity contribution in [2.75, 3.05) is 5.32 Å². The third-order valence-electron chi connectivity index (χ3n) is 2.33. The zero-order valence-electron chi connectivity index (χ0n) is 9.14. The van der Waals surface area contributed by atoms with Crippen LogP contribution in [0.3, 0.4) is 0 Å². The Balaban J connectivity index is 2.17. The maximum atomic E-state index is 11.9. The summed E-state index contributed by atoms with van der Waals surface area (Å²) in [6.45, 7) is 0. The normalized spacial score (nSPS) is 10.2. The number of nitrogens with zero attached hydrogens (tertiary/aromatic N) is 1. The van der Waals surface area contributed by atoms with Gasteiger partial charge < -0.3 is 15.0 Å². The monoisotopic (exact) mass is 250 g/mol. The number of amides is 1. The number of aromatic nitrogens is 1. The van der Waals surface area contributed by atoms with E-state index in [2.05, 4.69) is 5.32 Å². The van der Waals surface area contributed by atoms with Crippen LogP contribution in [-0.4, -0.2) is 15.6 Å². The molecule has 1 amide bonds. The number of hydrogen-bond donors (Lipinski definition) is 2. The minimum atomic E-state index is -0.245. The highest BCUT2D eigenvalue weighted by molar-refractivity contribution is 6.31. The summed E-state index contributed by atoms with van der Waals surface area (Å²) in [6, 6.07) is 7.86. The largest absolute Gasteiger partial charge is 0.508 e. The molecule has 88 valence electrons. The molecule has 0 radical (unpaired) electrons. The van der Waals surface area contributed by atoms with Crippen molar-refractivity contribution in [1.82, 2.24) is 4.57 Å². The number of carbonyl (C=O) groups excluding carboxylic acids is 1. The van der Waals surface area contributed by atoms with Crippen molar-refractivity contribution in [1.29, 1.82) is 0 Å². The molecule has 1 aromatic heterocycles. The van der Waals surface area contributed by atoms with Crippen LogP contribution < -0.4 is 5.32 Å². The van der Waals surface area contributed by atoms with Crippen LogP contribution in [0.25, 0.3) is 0 Å². The van der Waals surface area contributed by atoms with E-state index in [0.717, 1.165) is 0 Å². The molecule has 1 heterocycles. The summed E-state index contributed by atoms with van der Waals surface area (Å²) in [5, 5.41) is 12.3. The molecule has 2 N–H and O–H groups in total. The van der Waals surface area contributed by atoms with E-state index in [1.54, 1.807) is 36.0 Å². The number of aromatic hydroxyl groups is 1. The lowest BCUT2D eigenvalue weighted by atomic mass is 10.3. The van der Waals surface area contributed by atoms with Gasteiger partial charge in [0, 0.05) is 18.9 Å². The number of anilines is 1. The average molecular weight is 251 g/mol. The summed E-state index contributed by atoms with van der Waals surface area (Å²) in [4.78, 5) is 11.9. The molecule has 0 spiro atoms. The Hall–Kier alpha value is -1.94. The van der Waals surface area contributed by atoms with E-state index < -0.39 is 0 Å². The number of carbonyl (C=O) groups is 1. The first kappa shape index (κ1) is 11.5. The molecule has 1 aromatic carbocycles. The number of halogens is 1. The average Bonchev–Trinajstić information content (AvgIpc) is 2.61. The van der Waals surface area contributed by atoms with Gasteiger partial charge in [-0.15, -0.1) is 0 Å². The number of phenolic OH excluding ortho intramolecular Hbond substituents is 1. The third-order valence-corrected chi connectivity index (χ3v) is 2.54. The highest BCUT2D eigenvalue weighted by atomic mass is 35.5. The summed E-state index contributed by atoms with van der Waals surface area (Å²) in [6.07, 6.45) is 1.66. The van der Waals surface area contributed by atoms with E-state index in [9.17, 15) is 4.79 Å². The van der Waals surface area contributed by atoms with Crippen molar-refractivity contribution < 1.29 is 9.90 Å². The fourth-order valence-electron chi connectivity index (χ4n) is 1.49. The molecule has 17 heavy (non-hydrogen) atoms. The highest BCUT2D eigenvalue weighted by Crippen LogP contribution is 2.17. The Bertz CT molecular complexity index is 546. The van der Waals surface area contributed by atoms with Gasteiger partial charge in [0.15, 0.2) is 0 Å². The van der Waals surface area contributed by atoms with Crippen LogP contribution in [-0.2, 0) is 7.05 Å². The predicted molar refractivity (Wildman–Crippen MR) is 66.5 cm³/mol. The summed E-state index contributed by atoms with van der Waals surface area (Å²) >= 11 is 5.80. The number of benzene rings is 1. The highest BCUT2D eigenvalue weighted by Gasteiger charge is 2.11. The van der Waals surface area contributed by atoms with Gasteiger partial charge in [-0.1, -0.05) is 11.6 Å². The quantitative estimate of drug-likeness (QED) is 0.805. The van der Waals surface area contributed by atoms with Gasteiger partial charge in [0.05, 0.1) is 5.02 Å². The Morgan fingerprint density at radius 3 is 2.53 bits per heavy atom. The molecule has 0 saturated carbocycles. The van der Waals surface area contributed by atoms with Crippen LogP contribution in [0.5, 0.6) is 5.75 Å². The summed E-state index contributed by atoms with van der Waals surface area (Å²) in [5.74, 6) is -0.0880. The van der Waals surface area contributed by atoms with Gasteiger partial charge in [-0.2, -0.15) is 0 Å². The molecule has 0 aliphatic carbocycles. The van der Waals surface area contributed by atoms with Crippen molar-refractivity contribution in [3.05, 3.63) is 47.2 Å². The number of aryl methyl sites for hydroxylation is 1. The molecular formula is C12H11ClN2O2. The lowest BCUT2D eigenvalue weighted by Gasteiger charge is -2.05. The van der Waals surface area contributed by atoms with Crippen LogP contribution in [0.2, 0.25) is 5.02 Å². The van der Waals surface area contributed by atoms with Crippen LogP contribution >= 0.6 is 11.6 Å². The maximum absolute atomic E-state index is 11.9. The molecule has 2 rings (SSSR count). The van der Waals surface area contributed by atoms with E-state index in [1.807, 2.05) is 0 Å². The van der Waals surface area contributed by atoms with Crippen molar-refractivity contribution in [3.63, 3.8) is 0 Å². The number of nitrogens with one attached hydrogen (secondary N) is 1. The van der Waals surface area contributed by atoms with E-state index in [1.165, 1.54) is 12.1 Å². The first-order valence-electron chi connectivity index (χ1n) is 4.98. The first-order valence-corrected chi connectivity index (χ1v) is 5.36. The SMILES string of the molecule is Cn1cc(Cl)cc1C(=O)Nc1ccc(O)cc1. The maximum Gasteiger partial charge on any atom is 0.272 e. The van der Waals surface area contributed by atoms with E-state index >= 15 is 0 Å². The van der Waals surface area contributed by atoms with Gasteiger partial charge >= 0.3 is 0 Å². The van der Waals surface area contributed by atoms with Crippen molar-refractivity contribution in [2.24, 2.45) is 7.05 Å². The molecule has 0 fully saturated rings. The predicted octanol–water partition coefficient (Wildman–Crippen LogP) is 2.64. The fourth-order valence-corrected chi connectivity index (χ4v) is 1.74. The Labute approximate surface area is 103 Å².